The van der Waals surface area contributed by atoms with Gasteiger partial charge in [0.25, 0.3) is 0 Å². The fourth-order valence-corrected chi connectivity index (χ4v) is 2.11. The minimum atomic E-state index is -0.292. The van der Waals surface area contributed by atoms with Crippen molar-refractivity contribution in [1.29, 1.82) is 0 Å². The SMILES string of the molecule is Cc1cccc(N(Cc2ccc(F)cc2)C(=O)CCl)c1. The van der Waals surface area contributed by atoms with Crippen LogP contribution in [0, 0.1) is 12.7 Å². The summed E-state index contributed by atoms with van der Waals surface area (Å²) in [7, 11) is 0. The molecule has 0 aliphatic heterocycles. The molecule has 0 radical (unpaired) electrons. The second kappa shape index (κ2) is 6.53. The van der Waals surface area contributed by atoms with Crippen LogP contribution in [0.4, 0.5) is 10.1 Å². The molecule has 20 heavy (non-hydrogen) atoms. The Morgan fingerprint density at radius 3 is 2.50 bits per heavy atom. The largest absolute Gasteiger partial charge is 0.307 e. The van der Waals surface area contributed by atoms with Crippen molar-refractivity contribution < 1.29 is 9.18 Å². The van der Waals surface area contributed by atoms with Gasteiger partial charge in [0.15, 0.2) is 0 Å². The lowest BCUT2D eigenvalue weighted by molar-refractivity contribution is -0.116. The number of halogens is 2. The first kappa shape index (κ1) is 14.5. The second-order valence-electron chi connectivity index (χ2n) is 4.58. The molecule has 1 amide bonds. The number of anilines is 1. The van der Waals surface area contributed by atoms with E-state index in [0.29, 0.717) is 6.54 Å². The van der Waals surface area contributed by atoms with E-state index in [9.17, 15) is 9.18 Å². The van der Waals surface area contributed by atoms with E-state index in [4.69, 9.17) is 11.6 Å². The second-order valence-corrected chi connectivity index (χ2v) is 4.85. The van der Waals surface area contributed by atoms with Crippen LogP contribution in [0.15, 0.2) is 48.5 Å². The van der Waals surface area contributed by atoms with Crippen LogP contribution in [-0.2, 0) is 11.3 Å². The van der Waals surface area contributed by atoms with E-state index in [2.05, 4.69) is 0 Å². The number of benzene rings is 2. The van der Waals surface area contributed by atoms with Gasteiger partial charge in [0.2, 0.25) is 5.91 Å². The van der Waals surface area contributed by atoms with E-state index >= 15 is 0 Å². The molecule has 0 spiro atoms. The summed E-state index contributed by atoms with van der Waals surface area (Å²) in [5.41, 5.74) is 2.71. The van der Waals surface area contributed by atoms with Gasteiger partial charge in [0.1, 0.15) is 11.7 Å². The minimum absolute atomic E-state index is 0.0882. The van der Waals surface area contributed by atoms with E-state index in [1.54, 1.807) is 17.0 Å². The van der Waals surface area contributed by atoms with E-state index in [1.165, 1.54) is 12.1 Å². The first-order chi connectivity index (χ1) is 9.60. The van der Waals surface area contributed by atoms with Crippen LogP contribution in [0.1, 0.15) is 11.1 Å². The van der Waals surface area contributed by atoms with Crippen molar-refractivity contribution >= 4 is 23.2 Å². The number of carbonyl (C=O) groups excluding carboxylic acids is 1. The van der Waals surface area contributed by atoms with Crippen LogP contribution in [-0.4, -0.2) is 11.8 Å². The van der Waals surface area contributed by atoms with Gasteiger partial charge < -0.3 is 4.90 Å². The number of alkyl halides is 1. The van der Waals surface area contributed by atoms with Gasteiger partial charge in [0, 0.05) is 5.69 Å². The fraction of sp³-hybridized carbons (Fsp3) is 0.188. The number of rotatable bonds is 4. The van der Waals surface area contributed by atoms with Crippen molar-refractivity contribution in [3.05, 3.63) is 65.5 Å². The lowest BCUT2D eigenvalue weighted by Gasteiger charge is -2.22. The Labute approximate surface area is 122 Å². The van der Waals surface area contributed by atoms with Crippen LogP contribution >= 0.6 is 11.6 Å². The monoisotopic (exact) mass is 291 g/mol. The van der Waals surface area contributed by atoms with Crippen LogP contribution in [0.25, 0.3) is 0 Å². The van der Waals surface area contributed by atoms with Gasteiger partial charge in [-0.2, -0.15) is 0 Å². The molecule has 2 rings (SSSR count). The zero-order chi connectivity index (χ0) is 14.5. The van der Waals surface area contributed by atoms with Crippen molar-refractivity contribution in [2.75, 3.05) is 10.8 Å². The van der Waals surface area contributed by atoms with Crippen LogP contribution in [0.2, 0.25) is 0 Å². The third kappa shape index (κ3) is 3.58. The molecule has 0 saturated carbocycles. The Bertz CT molecular complexity index is 598. The number of hydrogen-bond acceptors (Lipinski definition) is 1. The molecule has 0 aromatic heterocycles. The highest BCUT2D eigenvalue weighted by Gasteiger charge is 2.15. The maximum Gasteiger partial charge on any atom is 0.242 e. The standard InChI is InChI=1S/C16H15ClFNO/c1-12-3-2-4-15(9-12)19(16(20)10-17)11-13-5-7-14(18)8-6-13/h2-9H,10-11H2,1H3. The van der Waals surface area contributed by atoms with Gasteiger partial charge in [-0.3, -0.25) is 4.79 Å². The summed E-state index contributed by atoms with van der Waals surface area (Å²) in [6.07, 6.45) is 0. The van der Waals surface area contributed by atoms with Gasteiger partial charge in [-0.25, -0.2) is 4.39 Å². The summed E-state index contributed by atoms with van der Waals surface area (Å²) in [4.78, 5) is 13.6. The quantitative estimate of drug-likeness (QED) is 0.782. The highest BCUT2D eigenvalue weighted by molar-refractivity contribution is 6.29. The average molecular weight is 292 g/mol. The molecule has 0 aliphatic rings. The molecule has 104 valence electrons. The molecule has 0 aliphatic carbocycles. The minimum Gasteiger partial charge on any atom is -0.307 e. The molecular formula is C16H15ClFNO. The van der Waals surface area contributed by atoms with Crippen LogP contribution in [0.5, 0.6) is 0 Å². The summed E-state index contributed by atoms with van der Waals surface area (Å²) in [5.74, 6) is -0.559. The van der Waals surface area contributed by atoms with E-state index in [-0.39, 0.29) is 17.6 Å². The summed E-state index contributed by atoms with van der Waals surface area (Å²) in [6, 6.07) is 13.7. The lowest BCUT2D eigenvalue weighted by Crippen LogP contribution is -2.31. The number of amides is 1. The van der Waals surface area contributed by atoms with Crippen molar-refractivity contribution in [3.8, 4) is 0 Å². The van der Waals surface area contributed by atoms with E-state index in [1.807, 2.05) is 31.2 Å². The van der Waals surface area contributed by atoms with E-state index in [0.717, 1.165) is 16.8 Å². The molecule has 0 fully saturated rings. The maximum atomic E-state index is 12.9. The first-order valence-electron chi connectivity index (χ1n) is 6.27. The van der Waals surface area contributed by atoms with E-state index < -0.39 is 0 Å². The summed E-state index contributed by atoms with van der Waals surface area (Å²) >= 11 is 5.68. The summed E-state index contributed by atoms with van der Waals surface area (Å²) in [5, 5.41) is 0. The lowest BCUT2D eigenvalue weighted by atomic mass is 10.1. The summed E-state index contributed by atoms with van der Waals surface area (Å²) in [6.45, 7) is 2.33. The highest BCUT2D eigenvalue weighted by atomic mass is 35.5. The Balaban J connectivity index is 2.28. The number of carbonyl (C=O) groups is 1. The smallest absolute Gasteiger partial charge is 0.242 e. The van der Waals surface area contributed by atoms with Crippen molar-refractivity contribution in [3.63, 3.8) is 0 Å². The van der Waals surface area contributed by atoms with Crippen LogP contribution < -0.4 is 4.90 Å². The van der Waals surface area contributed by atoms with Gasteiger partial charge in [0.05, 0.1) is 6.54 Å². The average Bonchev–Trinajstić information content (AvgIpc) is 2.46. The molecular weight excluding hydrogens is 277 g/mol. The number of nitrogens with zero attached hydrogens (tertiary/aromatic N) is 1. The van der Waals surface area contributed by atoms with Gasteiger partial charge in [-0.05, 0) is 42.3 Å². The Morgan fingerprint density at radius 1 is 1.20 bits per heavy atom. The normalized spacial score (nSPS) is 10.3. The van der Waals surface area contributed by atoms with Crippen molar-refractivity contribution in [2.24, 2.45) is 0 Å². The van der Waals surface area contributed by atoms with Crippen molar-refractivity contribution in [1.82, 2.24) is 0 Å². The molecule has 0 N–H and O–H groups in total. The molecule has 4 heteroatoms. The zero-order valence-corrected chi connectivity index (χ0v) is 11.9. The third-order valence-corrected chi connectivity index (χ3v) is 3.21. The maximum absolute atomic E-state index is 12.9. The first-order valence-corrected chi connectivity index (χ1v) is 6.81. The molecule has 0 unspecified atom stereocenters. The van der Waals surface area contributed by atoms with Gasteiger partial charge >= 0.3 is 0 Å². The Kier molecular flexibility index (Phi) is 4.74. The molecule has 0 atom stereocenters. The third-order valence-electron chi connectivity index (χ3n) is 2.98. The van der Waals surface area contributed by atoms with Crippen LogP contribution in [0.3, 0.4) is 0 Å². The predicted molar refractivity (Wildman–Crippen MR) is 79.5 cm³/mol. The van der Waals surface area contributed by atoms with Crippen molar-refractivity contribution in [2.45, 2.75) is 13.5 Å². The molecule has 0 heterocycles. The Morgan fingerprint density at radius 2 is 1.90 bits per heavy atom. The molecule has 0 bridgehead atoms. The zero-order valence-electron chi connectivity index (χ0n) is 11.1. The molecule has 2 aromatic rings. The summed E-state index contributed by atoms with van der Waals surface area (Å²) < 4.78 is 12.9. The number of hydrogen-bond donors (Lipinski definition) is 0. The molecule has 0 saturated heterocycles. The number of aryl methyl sites for hydroxylation is 1. The Hall–Kier alpha value is -1.87. The molecule has 2 aromatic carbocycles. The highest BCUT2D eigenvalue weighted by Crippen LogP contribution is 2.19. The predicted octanol–water partition coefficient (Wildman–Crippen LogP) is 3.91. The fourth-order valence-electron chi connectivity index (χ4n) is 1.96. The molecule has 2 nitrogen and oxygen atoms in total. The van der Waals surface area contributed by atoms with Gasteiger partial charge in [-0.15, -0.1) is 11.6 Å². The van der Waals surface area contributed by atoms with Gasteiger partial charge in [-0.1, -0.05) is 24.3 Å². The topological polar surface area (TPSA) is 20.3 Å².